The summed E-state index contributed by atoms with van der Waals surface area (Å²) in [5.74, 6) is -0.195. The number of anilines is 2. The Balaban J connectivity index is 1.87. The highest BCUT2D eigenvalue weighted by Gasteiger charge is 2.24. The van der Waals surface area contributed by atoms with Crippen LogP contribution in [-0.4, -0.2) is 40.9 Å². The molecule has 2 N–H and O–H groups in total. The van der Waals surface area contributed by atoms with Crippen LogP contribution in [-0.2, 0) is 0 Å². The van der Waals surface area contributed by atoms with Gasteiger partial charge in [0.05, 0.1) is 18.1 Å². The van der Waals surface area contributed by atoms with Gasteiger partial charge < -0.3 is 15.4 Å². The number of rotatable bonds is 3. The average molecular weight is 355 g/mol. The molecule has 0 atom stereocenters. The number of ether oxygens (including phenoxy) is 1. The van der Waals surface area contributed by atoms with E-state index in [2.05, 4.69) is 10.1 Å². The highest BCUT2D eigenvalue weighted by Crippen LogP contribution is 2.29. The number of hydrogen-bond donors (Lipinski definition) is 1. The maximum atomic E-state index is 14.5. The number of methoxy groups -OCH3 is 1. The highest BCUT2D eigenvalue weighted by atomic mass is 19.1. The molecule has 3 heterocycles. The van der Waals surface area contributed by atoms with Gasteiger partial charge in [0.2, 0.25) is 0 Å². The van der Waals surface area contributed by atoms with Crippen molar-refractivity contribution >= 4 is 28.6 Å². The largest absolute Gasteiger partial charge is 0.496 e. The van der Waals surface area contributed by atoms with Crippen LogP contribution in [0, 0.1) is 5.82 Å². The van der Waals surface area contributed by atoms with E-state index in [0.717, 1.165) is 30.6 Å². The van der Waals surface area contributed by atoms with Gasteiger partial charge in [-0.3, -0.25) is 4.79 Å². The lowest BCUT2D eigenvalue weighted by atomic mass is 10.2. The third-order valence-electron chi connectivity index (χ3n) is 4.56. The molecule has 0 saturated carbocycles. The van der Waals surface area contributed by atoms with E-state index in [9.17, 15) is 9.18 Å². The molecular formula is C18H18FN5O2. The average Bonchev–Trinajstić information content (AvgIpc) is 3.29. The molecule has 26 heavy (non-hydrogen) atoms. The summed E-state index contributed by atoms with van der Waals surface area (Å²) in [5.41, 5.74) is 6.46. The van der Waals surface area contributed by atoms with Crippen LogP contribution in [0.2, 0.25) is 0 Å². The number of benzene rings is 1. The maximum Gasteiger partial charge on any atom is 0.283 e. The van der Waals surface area contributed by atoms with E-state index in [-0.39, 0.29) is 17.3 Å². The Morgan fingerprint density at radius 2 is 2.00 bits per heavy atom. The molecule has 4 rings (SSSR count). The first-order valence-corrected chi connectivity index (χ1v) is 8.37. The van der Waals surface area contributed by atoms with Crippen molar-refractivity contribution in [3.8, 4) is 5.75 Å². The van der Waals surface area contributed by atoms with Crippen LogP contribution < -0.4 is 15.4 Å². The standard InChI is InChI=1S/C18H18FN5O2/c1-26-14-7-3-2-6-11(14)18(25)24-16-12(15(20)22-24)10-13(19)17(21-16)23-8-4-5-9-23/h2-3,6-7,10H,4-5,8-9H2,1H3,(H2,20,22). The third-order valence-corrected chi connectivity index (χ3v) is 4.56. The minimum absolute atomic E-state index is 0.0580. The van der Waals surface area contributed by atoms with Crippen molar-refractivity contribution in [1.82, 2.24) is 14.8 Å². The van der Waals surface area contributed by atoms with E-state index in [0.29, 0.717) is 16.7 Å². The summed E-state index contributed by atoms with van der Waals surface area (Å²) in [5, 5.41) is 4.41. The van der Waals surface area contributed by atoms with Crippen molar-refractivity contribution in [1.29, 1.82) is 0 Å². The lowest BCUT2D eigenvalue weighted by molar-refractivity contribution is 0.0947. The maximum absolute atomic E-state index is 14.5. The molecule has 0 spiro atoms. The van der Waals surface area contributed by atoms with E-state index >= 15 is 0 Å². The quantitative estimate of drug-likeness (QED) is 0.777. The predicted molar refractivity (Wildman–Crippen MR) is 96.1 cm³/mol. The summed E-state index contributed by atoms with van der Waals surface area (Å²) in [6, 6.07) is 8.11. The van der Waals surface area contributed by atoms with E-state index in [1.165, 1.54) is 13.2 Å². The zero-order valence-electron chi connectivity index (χ0n) is 14.3. The summed E-state index contributed by atoms with van der Waals surface area (Å²) in [4.78, 5) is 19.2. The van der Waals surface area contributed by atoms with Gasteiger partial charge in [-0.05, 0) is 31.0 Å². The number of carbonyl (C=O) groups is 1. The fraction of sp³-hybridized carbons (Fsp3) is 0.278. The van der Waals surface area contributed by atoms with E-state index in [4.69, 9.17) is 10.5 Å². The predicted octanol–water partition coefficient (Wildman–Crippen LogP) is 2.45. The van der Waals surface area contributed by atoms with Gasteiger partial charge in [0.1, 0.15) is 5.75 Å². The van der Waals surface area contributed by atoms with Gasteiger partial charge in [0.25, 0.3) is 5.91 Å². The van der Waals surface area contributed by atoms with Crippen molar-refractivity contribution in [2.75, 3.05) is 30.8 Å². The fourth-order valence-corrected chi connectivity index (χ4v) is 3.26. The smallest absolute Gasteiger partial charge is 0.283 e. The third kappa shape index (κ3) is 2.54. The van der Waals surface area contributed by atoms with Crippen LogP contribution >= 0.6 is 0 Å². The summed E-state index contributed by atoms with van der Waals surface area (Å²) in [6.07, 6.45) is 1.97. The number of halogens is 1. The number of pyridine rings is 1. The second kappa shape index (κ2) is 6.29. The first-order valence-electron chi connectivity index (χ1n) is 8.37. The molecule has 0 radical (unpaired) electrons. The number of nitrogen functional groups attached to an aromatic ring is 1. The molecule has 134 valence electrons. The number of hydrogen-bond acceptors (Lipinski definition) is 6. The molecule has 0 unspecified atom stereocenters. The molecule has 1 aliphatic rings. The van der Waals surface area contributed by atoms with Gasteiger partial charge in [-0.2, -0.15) is 4.68 Å². The fourth-order valence-electron chi connectivity index (χ4n) is 3.26. The first-order chi connectivity index (χ1) is 12.6. The monoisotopic (exact) mass is 355 g/mol. The summed E-state index contributed by atoms with van der Waals surface area (Å²) < 4.78 is 20.9. The molecule has 7 nitrogen and oxygen atoms in total. The molecule has 8 heteroatoms. The van der Waals surface area contributed by atoms with Gasteiger partial charge in [0.15, 0.2) is 23.1 Å². The summed E-state index contributed by atoms with van der Waals surface area (Å²) >= 11 is 0. The Bertz CT molecular complexity index is 995. The number of nitrogens with zero attached hydrogens (tertiary/aromatic N) is 4. The zero-order valence-corrected chi connectivity index (χ0v) is 14.3. The molecule has 2 aromatic heterocycles. The van der Waals surface area contributed by atoms with Crippen LogP contribution in [0.3, 0.4) is 0 Å². The Kier molecular flexibility index (Phi) is 3.95. The van der Waals surface area contributed by atoms with Crippen molar-refractivity contribution in [3.05, 3.63) is 41.7 Å². The van der Waals surface area contributed by atoms with Gasteiger partial charge in [-0.15, -0.1) is 5.10 Å². The molecule has 0 aliphatic carbocycles. The Hall–Kier alpha value is -3.16. The van der Waals surface area contributed by atoms with Crippen molar-refractivity contribution < 1.29 is 13.9 Å². The van der Waals surface area contributed by atoms with Crippen molar-refractivity contribution in [2.24, 2.45) is 0 Å². The van der Waals surface area contributed by atoms with Crippen LogP contribution in [0.5, 0.6) is 5.75 Å². The van der Waals surface area contributed by atoms with E-state index in [1.807, 2.05) is 4.90 Å². The van der Waals surface area contributed by atoms with Gasteiger partial charge in [-0.1, -0.05) is 12.1 Å². The van der Waals surface area contributed by atoms with Gasteiger partial charge in [0, 0.05) is 13.1 Å². The topological polar surface area (TPSA) is 86.3 Å². The lowest BCUT2D eigenvalue weighted by Crippen LogP contribution is -2.21. The van der Waals surface area contributed by atoms with E-state index < -0.39 is 11.7 Å². The molecule has 0 bridgehead atoms. The SMILES string of the molecule is COc1ccccc1C(=O)n1nc(N)c2cc(F)c(N3CCCC3)nc21. The molecule has 3 aromatic rings. The van der Waals surface area contributed by atoms with Crippen LogP contribution in [0.25, 0.3) is 11.0 Å². The molecule has 1 aliphatic heterocycles. The first kappa shape index (κ1) is 16.3. The van der Waals surface area contributed by atoms with Crippen LogP contribution in [0.1, 0.15) is 23.2 Å². The minimum Gasteiger partial charge on any atom is -0.496 e. The number of para-hydroxylation sites is 1. The second-order valence-electron chi connectivity index (χ2n) is 6.16. The van der Waals surface area contributed by atoms with Crippen molar-refractivity contribution in [3.63, 3.8) is 0 Å². The van der Waals surface area contributed by atoms with Crippen LogP contribution in [0.15, 0.2) is 30.3 Å². The normalized spacial score (nSPS) is 14.2. The molecule has 1 aromatic carbocycles. The molecule has 1 fully saturated rings. The van der Waals surface area contributed by atoms with Crippen molar-refractivity contribution in [2.45, 2.75) is 12.8 Å². The number of fused-ring (bicyclic) bond motifs is 1. The van der Waals surface area contributed by atoms with Crippen LogP contribution in [0.4, 0.5) is 16.0 Å². The summed E-state index contributed by atoms with van der Waals surface area (Å²) in [6.45, 7) is 1.47. The summed E-state index contributed by atoms with van der Waals surface area (Å²) in [7, 11) is 1.49. The highest BCUT2D eigenvalue weighted by molar-refractivity contribution is 6.04. The zero-order chi connectivity index (χ0) is 18.3. The number of carbonyl (C=O) groups excluding carboxylic acids is 1. The van der Waals surface area contributed by atoms with Gasteiger partial charge >= 0.3 is 0 Å². The minimum atomic E-state index is -0.463. The number of nitrogens with two attached hydrogens (primary N) is 1. The molecule has 1 saturated heterocycles. The number of aromatic nitrogens is 3. The molecular weight excluding hydrogens is 337 g/mol. The Morgan fingerprint density at radius 3 is 2.73 bits per heavy atom. The Labute approximate surface area is 149 Å². The Morgan fingerprint density at radius 1 is 1.27 bits per heavy atom. The molecule has 0 amide bonds. The van der Waals surface area contributed by atoms with E-state index in [1.54, 1.807) is 24.3 Å². The lowest BCUT2D eigenvalue weighted by Gasteiger charge is -2.17. The van der Waals surface area contributed by atoms with Gasteiger partial charge in [-0.25, -0.2) is 9.37 Å². The second-order valence-corrected chi connectivity index (χ2v) is 6.16.